The number of fused-ring (bicyclic) bond motifs is 1. The lowest BCUT2D eigenvalue weighted by Gasteiger charge is -2.20. The highest BCUT2D eigenvalue weighted by Gasteiger charge is 2.18. The fourth-order valence-electron chi connectivity index (χ4n) is 2.24. The molecular formula is C14H15BrN2O4. The topological polar surface area (TPSA) is 66.5 Å². The lowest BCUT2D eigenvalue weighted by molar-refractivity contribution is 0.171. The standard InChI is InChI=1S/C14H15BrN2O4/c1-8(2)13-16-21-14(18)17(13)7-9-5-11-12(6-10(9)15)20-4-3-19-11/h5-6,8H,3-4,7H2,1-2H3. The summed E-state index contributed by atoms with van der Waals surface area (Å²) in [7, 11) is 0. The molecule has 21 heavy (non-hydrogen) atoms. The van der Waals surface area contributed by atoms with E-state index < -0.39 is 5.76 Å². The van der Waals surface area contributed by atoms with Crippen LogP contribution in [0.4, 0.5) is 0 Å². The Balaban J connectivity index is 1.99. The first-order chi connectivity index (χ1) is 10.1. The SMILES string of the molecule is CC(C)c1noc(=O)n1Cc1cc2c(cc1Br)OCCO2. The molecule has 0 radical (unpaired) electrons. The number of benzene rings is 1. The molecule has 0 bridgehead atoms. The maximum absolute atomic E-state index is 11.8. The molecule has 0 amide bonds. The minimum absolute atomic E-state index is 0.104. The monoisotopic (exact) mass is 354 g/mol. The van der Waals surface area contributed by atoms with Gasteiger partial charge in [-0.3, -0.25) is 9.09 Å². The van der Waals surface area contributed by atoms with Crippen LogP contribution in [0.15, 0.2) is 25.9 Å². The van der Waals surface area contributed by atoms with Crippen molar-refractivity contribution in [3.05, 3.63) is 38.5 Å². The third-order valence-corrected chi connectivity index (χ3v) is 4.01. The van der Waals surface area contributed by atoms with Gasteiger partial charge in [0, 0.05) is 10.4 Å². The Labute approximate surface area is 129 Å². The molecule has 1 aromatic carbocycles. The van der Waals surface area contributed by atoms with E-state index in [0.29, 0.717) is 37.1 Å². The molecule has 0 unspecified atom stereocenters. The number of halogens is 1. The molecule has 0 saturated carbocycles. The molecule has 2 aromatic rings. The number of hydrogen-bond donors (Lipinski definition) is 0. The van der Waals surface area contributed by atoms with Crippen molar-refractivity contribution in [2.24, 2.45) is 0 Å². The van der Waals surface area contributed by atoms with Gasteiger partial charge in [-0.1, -0.05) is 34.9 Å². The van der Waals surface area contributed by atoms with Gasteiger partial charge >= 0.3 is 5.76 Å². The summed E-state index contributed by atoms with van der Waals surface area (Å²) in [4.78, 5) is 11.8. The lowest BCUT2D eigenvalue weighted by Crippen LogP contribution is -2.20. The van der Waals surface area contributed by atoms with Gasteiger partial charge in [0.25, 0.3) is 0 Å². The molecule has 0 aliphatic carbocycles. The normalized spacial score (nSPS) is 13.7. The molecule has 1 aromatic heterocycles. The quantitative estimate of drug-likeness (QED) is 0.847. The van der Waals surface area contributed by atoms with Gasteiger partial charge in [-0.05, 0) is 17.7 Å². The zero-order valence-electron chi connectivity index (χ0n) is 11.8. The van der Waals surface area contributed by atoms with E-state index in [1.54, 1.807) is 0 Å². The van der Waals surface area contributed by atoms with E-state index in [2.05, 4.69) is 21.1 Å². The number of rotatable bonds is 3. The van der Waals surface area contributed by atoms with E-state index in [0.717, 1.165) is 10.0 Å². The maximum atomic E-state index is 11.8. The fourth-order valence-corrected chi connectivity index (χ4v) is 2.69. The molecule has 112 valence electrons. The third-order valence-electron chi connectivity index (χ3n) is 3.27. The summed E-state index contributed by atoms with van der Waals surface area (Å²) in [5.41, 5.74) is 0.909. The van der Waals surface area contributed by atoms with Crippen molar-refractivity contribution in [2.45, 2.75) is 26.3 Å². The van der Waals surface area contributed by atoms with Gasteiger partial charge in [-0.15, -0.1) is 0 Å². The lowest BCUT2D eigenvalue weighted by atomic mass is 10.1. The summed E-state index contributed by atoms with van der Waals surface area (Å²) in [6, 6.07) is 3.74. The molecule has 1 aliphatic rings. The first-order valence-electron chi connectivity index (χ1n) is 6.70. The fraction of sp³-hybridized carbons (Fsp3) is 0.429. The largest absolute Gasteiger partial charge is 0.486 e. The van der Waals surface area contributed by atoms with E-state index in [1.807, 2.05) is 26.0 Å². The van der Waals surface area contributed by atoms with Gasteiger partial charge in [0.15, 0.2) is 17.3 Å². The van der Waals surface area contributed by atoms with Crippen LogP contribution in [-0.2, 0) is 6.54 Å². The van der Waals surface area contributed by atoms with Crippen molar-refractivity contribution in [1.82, 2.24) is 9.72 Å². The second kappa shape index (κ2) is 5.55. The van der Waals surface area contributed by atoms with Crippen LogP contribution in [0.3, 0.4) is 0 Å². The third kappa shape index (κ3) is 2.70. The summed E-state index contributed by atoms with van der Waals surface area (Å²) in [6.07, 6.45) is 0. The Morgan fingerprint density at radius 3 is 2.62 bits per heavy atom. The average Bonchev–Trinajstić information content (AvgIpc) is 2.81. The van der Waals surface area contributed by atoms with Gasteiger partial charge in [0.05, 0.1) is 6.54 Å². The van der Waals surface area contributed by atoms with Gasteiger partial charge in [0.2, 0.25) is 0 Å². The highest BCUT2D eigenvalue weighted by atomic mass is 79.9. The van der Waals surface area contributed by atoms with Crippen molar-refractivity contribution in [3.8, 4) is 11.5 Å². The predicted molar refractivity (Wildman–Crippen MR) is 79.1 cm³/mol. The first-order valence-corrected chi connectivity index (χ1v) is 7.50. The second-order valence-corrected chi connectivity index (χ2v) is 5.99. The molecule has 2 heterocycles. The van der Waals surface area contributed by atoms with Gasteiger partial charge in [-0.2, -0.15) is 0 Å². The molecule has 7 heteroatoms. The Kier molecular flexibility index (Phi) is 3.75. The smallest absolute Gasteiger partial charge is 0.441 e. The number of aromatic nitrogens is 2. The van der Waals surface area contributed by atoms with Crippen molar-refractivity contribution in [2.75, 3.05) is 13.2 Å². The Hall–Kier alpha value is -1.76. The molecule has 3 rings (SSSR count). The van der Waals surface area contributed by atoms with Gasteiger partial charge in [0.1, 0.15) is 13.2 Å². The highest BCUT2D eigenvalue weighted by Crippen LogP contribution is 2.35. The van der Waals surface area contributed by atoms with Crippen LogP contribution in [0, 0.1) is 0 Å². The van der Waals surface area contributed by atoms with Crippen LogP contribution in [-0.4, -0.2) is 22.9 Å². The van der Waals surface area contributed by atoms with E-state index in [-0.39, 0.29) is 5.92 Å². The molecule has 0 spiro atoms. The Morgan fingerprint density at radius 2 is 1.95 bits per heavy atom. The van der Waals surface area contributed by atoms with Crippen LogP contribution in [0.1, 0.15) is 31.2 Å². The number of ether oxygens (including phenoxy) is 2. The summed E-state index contributed by atoms with van der Waals surface area (Å²) in [5, 5.41) is 3.83. The van der Waals surface area contributed by atoms with Crippen molar-refractivity contribution in [1.29, 1.82) is 0 Å². The summed E-state index contributed by atoms with van der Waals surface area (Å²) < 4.78 is 18.3. The van der Waals surface area contributed by atoms with Crippen molar-refractivity contribution >= 4 is 15.9 Å². The highest BCUT2D eigenvalue weighted by molar-refractivity contribution is 9.10. The van der Waals surface area contributed by atoms with Crippen LogP contribution >= 0.6 is 15.9 Å². The van der Waals surface area contributed by atoms with Crippen molar-refractivity contribution in [3.63, 3.8) is 0 Å². The van der Waals surface area contributed by atoms with Crippen molar-refractivity contribution < 1.29 is 14.0 Å². The molecule has 6 nitrogen and oxygen atoms in total. The summed E-state index contributed by atoms with van der Waals surface area (Å²) in [6.45, 7) is 5.37. The Bertz CT molecular complexity index is 720. The summed E-state index contributed by atoms with van der Waals surface area (Å²) in [5.74, 6) is 1.67. The molecule has 0 atom stereocenters. The molecule has 0 N–H and O–H groups in total. The number of nitrogens with zero attached hydrogens (tertiary/aromatic N) is 2. The predicted octanol–water partition coefficient (Wildman–Crippen LogP) is 2.54. The van der Waals surface area contributed by atoms with Crippen LogP contribution < -0.4 is 15.2 Å². The average molecular weight is 355 g/mol. The number of hydrogen-bond acceptors (Lipinski definition) is 5. The molecule has 0 saturated heterocycles. The zero-order chi connectivity index (χ0) is 15.0. The Morgan fingerprint density at radius 1 is 1.29 bits per heavy atom. The second-order valence-electron chi connectivity index (χ2n) is 5.13. The molecule has 1 aliphatic heterocycles. The molecule has 0 fully saturated rings. The van der Waals surface area contributed by atoms with Gasteiger partial charge < -0.3 is 9.47 Å². The summed E-state index contributed by atoms with van der Waals surface area (Å²) >= 11 is 3.51. The maximum Gasteiger partial charge on any atom is 0.441 e. The minimum Gasteiger partial charge on any atom is -0.486 e. The van der Waals surface area contributed by atoms with Crippen LogP contribution in [0.25, 0.3) is 0 Å². The van der Waals surface area contributed by atoms with E-state index in [1.165, 1.54) is 4.57 Å². The van der Waals surface area contributed by atoms with E-state index >= 15 is 0 Å². The van der Waals surface area contributed by atoms with E-state index in [9.17, 15) is 4.79 Å². The van der Waals surface area contributed by atoms with E-state index in [4.69, 9.17) is 14.0 Å². The van der Waals surface area contributed by atoms with Crippen LogP contribution in [0.2, 0.25) is 0 Å². The molecular weight excluding hydrogens is 340 g/mol. The minimum atomic E-state index is -0.458. The van der Waals surface area contributed by atoms with Gasteiger partial charge in [-0.25, -0.2) is 4.79 Å². The zero-order valence-corrected chi connectivity index (χ0v) is 13.3. The van der Waals surface area contributed by atoms with Crippen LogP contribution in [0.5, 0.6) is 11.5 Å². The first kappa shape index (κ1) is 14.2.